The molecular weight excluding hydrogens is 504 g/mol. The molecule has 0 fully saturated rings. The van der Waals surface area contributed by atoms with E-state index >= 15 is 0 Å². The second kappa shape index (κ2) is 10.2. The van der Waals surface area contributed by atoms with Gasteiger partial charge >= 0.3 is 0 Å². The first-order valence-electron chi connectivity index (χ1n) is 12.8. The van der Waals surface area contributed by atoms with Crippen LogP contribution in [0.1, 0.15) is 11.3 Å². The predicted octanol–water partition coefficient (Wildman–Crippen LogP) is 7.07. The fraction of sp³-hybridized carbons (Fsp3) is 0.156. The molecule has 0 unspecified atom stereocenters. The van der Waals surface area contributed by atoms with E-state index in [0.29, 0.717) is 23.1 Å². The molecule has 200 valence electrons. The highest BCUT2D eigenvalue weighted by Crippen LogP contribution is 2.42. The quantitative estimate of drug-likeness (QED) is 0.217. The topological polar surface area (TPSA) is 80.5 Å². The lowest BCUT2D eigenvalue weighted by Crippen LogP contribution is -1.99. The molecule has 0 N–H and O–H groups in total. The molecule has 0 amide bonds. The first kappa shape index (κ1) is 25.2. The Bertz CT molecular complexity index is 1860. The van der Waals surface area contributed by atoms with Crippen molar-refractivity contribution in [1.82, 2.24) is 19.5 Å². The van der Waals surface area contributed by atoms with E-state index in [0.717, 1.165) is 50.2 Å². The second-order valence-corrected chi connectivity index (χ2v) is 9.47. The van der Waals surface area contributed by atoms with Gasteiger partial charge in [0.15, 0.2) is 5.82 Å². The maximum absolute atomic E-state index is 6.12. The van der Waals surface area contributed by atoms with Gasteiger partial charge < -0.3 is 18.9 Å². The van der Waals surface area contributed by atoms with E-state index < -0.39 is 0 Å². The first-order valence-corrected chi connectivity index (χ1v) is 12.8. The summed E-state index contributed by atoms with van der Waals surface area (Å²) in [6, 6.07) is 19.8. The van der Waals surface area contributed by atoms with E-state index in [2.05, 4.69) is 51.8 Å². The van der Waals surface area contributed by atoms with Crippen LogP contribution in [0.4, 0.5) is 0 Å². The van der Waals surface area contributed by atoms with Gasteiger partial charge in [0.25, 0.3) is 0 Å². The number of hydrogen-bond donors (Lipinski definition) is 0. The van der Waals surface area contributed by atoms with Gasteiger partial charge in [0, 0.05) is 34.7 Å². The minimum absolute atomic E-state index is 0.411. The lowest BCUT2D eigenvalue weighted by Gasteiger charge is -2.14. The van der Waals surface area contributed by atoms with E-state index in [9.17, 15) is 0 Å². The molecule has 0 aliphatic rings. The number of rotatable bonds is 7. The highest BCUT2D eigenvalue weighted by Gasteiger charge is 2.19. The Kier molecular flexibility index (Phi) is 6.43. The Morgan fingerprint density at radius 2 is 1.45 bits per heavy atom. The number of pyridine rings is 1. The molecule has 0 aliphatic heterocycles. The van der Waals surface area contributed by atoms with Crippen molar-refractivity contribution >= 4 is 21.8 Å². The van der Waals surface area contributed by atoms with Crippen LogP contribution in [-0.2, 0) is 0 Å². The molecule has 0 radical (unpaired) electrons. The van der Waals surface area contributed by atoms with E-state index in [1.165, 1.54) is 5.56 Å². The molecule has 8 nitrogen and oxygen atoms in total. The molecule has 40 heavy (non-hydrogen) atoms. The SMILES string of the molecule is COc1cc(Oc2cc(OC)ccn2)cc(-c2cc3c(cc2OC)c2cc(C)ccc2n3-c2cnc(C)cn2)c1. The van der Waals surface area contributed by atoms with Crippen LogP contribution < -0.4 is 18.9 Å². The van der Waals surface area contributed by atoms with Crippen molar-refractivity contribution in [2.24, 2.45) is 0 Å². The minimum atomic E-state index is 0.411. The van der Waals surface area contributed by atoms with Crippen molar-refractivity contribution in [2.75, 3.05) is 21.3 Å². The van der Waals surface area contributed by atoms with E-state index in [-0.39, 0.29) is 0 Å². The van der Waals surface area contributed by atoms with Crippen molar-refractivity contribution in [1.29, 1.82) is 0 Å². The third kappa shape index (κ3) is 4.53. The molecule has 8 heteroatoms. The molecule has 3 heterocycles. The summed E-state index contributed by atoms with van der Waals surface area (Å²) >= 11 is 0. The van der Waals surface area contributed by atoms with E-state index in [1.807, 2.05) is 25.1 Å². The van der Waals surface area contributed by atoms with Crippen molar-refractivity contribution in [3.63, 3.8) is 0 Å². The molecule has 0 spiro atoms. The molecule has 3 aromatic carbocycles. The smallest absolute Gasteiger partial charge is 0.222 e. The summed E-state index contributed by atoms with van der Waals surface area (Å²) in [6.07, 6.45) is 5.22. The Labute approximate surface area is 231 Å². The van der Waals surface area contributed by atoms with Crippen LogP contribution in [0.2, 0.25) is 0 Å². The van der Waals surface area contributed by atoms with Crippen LogP contribution in [0.5, 0.6) is 28.9 Å². The maximum atomic E-state index is 6.12. The fourth-order valence-corrected chi connectivity index (χ4v) is 4.90. The summed E-state index contributed by atoms with van der Waals surface area (Å²) in [4.78, 5) is 13.5. The molecule has 0 saturated carbocycles. The van der Waals surface area contributed by atoms with Crippen LogP contribution in [0.15, 0.2) is 79.3 Å². The highest BCUT2D eigenvalue weighted by molar-refractivity contribution is 6.11. The van der Waals surface area contributed by atoms with Gasteiger partial charge in [0.05, 0.1) is 50.5 Å². The lowest BCUT2D eigenvalue weighted by molar-refractivity contribution is 0.400. The monoisotopic (exact) mass is 532 g/mol. The Balaban J connectivity index is 1.57. The molecule has 0 atom stereocenters. The number of fused-ring (bicyclic) bond motifs is 3. The number of nitrogens with zero attached hydrogens (tertiary/aromatic N) is 4. The third-order valence-corrected chi connectivity index (χ3v) is 6.83. The van der Waals surface area contributed by atoms with E-state index in [4.69, 9.17) is 23.9 Å². The molecule has 0 aliphatic carbocycles. The first-order chi connectivity index (χ1) is 19.5. The number of hydrogen-bond acceptors (Lipinski definition) is 7. The van der Waals surface area contributed by atoms with Crippen LogP contribution in [-0.4, -0.2) is 40.8 Å². The zero-order valence-corrected chi connectivity index (χ0v) is 22.9. The van der Waals surface area contributed by atoms with Crippen LogP contribution >= 0.6 is 0 Å². The third-order valence-electron chi connectivity index (χ3n) is 6.83. The van der Waals surface area contributed by atoms with Crippen molar-refractivity contribution in [2.45, 2.75) is 13.8 Å². The predicted molar refractivity (Wildman–Crippen MR) is 155 cm³/mol. The lowest BCUT2D eigenvalue weighted by atomic mass is 10.0. The fourth-order valence-electron chi connectivity index (χ4n) is 4.90. The molecule has 6 rings (SSSR count). The average Bonchev–Trinajstić information content (AvgIpc) is 3.29. The maximum Gasteiger partial charge on any atom is 0.222 e. The van der Waals surface area contributed by atoms with Gasteiger partial charge in [-0.25, -0.2) is 9.97 Å². The molecule has 3 aromatic heterocycles. The second-order valence-electron chi connectivity index (χ2n) is 9.47. The Hall–Kier alpha value is -5.11. The summed E-state index contributed by atoms with van der Waals surface area (Å²) in [5.41, 5.74) is 5.78. The van der Waals surface area contributed by atoms with Gasteiger partial charge in [-0.1, -0.05) is 11.6 Å². The van der Waals surface area contributed by atoms with Crippen molar-refractivity contribution < 1.29 is 18.9 Å². The molecule has 0 bridgehead atoms. The average molecular weight is 533 g/mol. The van der Waals surface area contributed by atoms with Crippen LogP contribution in [0.25, 0.3) is 38.8 Å². The minimum Gasteiger partial charge on any atom is -0.497 e. The largest absolute Gasteiger partial charge is 0.497 e. The summed E-state index contributed by atoms with van der Waals surface area (Å²) in [5, 5.41) is 2.17. The van der Waals surface area contributed by atoms with Crippen molar-refractivity contribution in [3.8, 4) is 45.8 Å². The van der Waals surface area contributed by atoms with Gasteiger partial charge in [-0.2, -0.15) is 0 Å². The number of methoxy groups -OCH3 is 3. The van der Waals surface area contributed by atoms with Gasteiger partial charge in [-0.05, 0) is 61.9 Å². The number of aryl methyl sites for hydroxylation is 2. The Morgan fingerprint density at radius 1 is 0.650 bits per heavy atom. The van der Waals surface area contributed by atoms with Crippen LogP contribution in [0.3, 0.4) is 0 Å². The standard InChI is InChI=1S/C32H28N4O4/c1-19-6-7-28-26(10-19)27-16-30(39-5)25(15-29(27)36(28)31-18-34-20(2)17-35-31)21-11-23(38-4)13-24(12-21)40-32-14-22(37-3)8-9-33-32/h6-18H,1-5H3. The zero-order chi connectivity index (χ0) is 27.8. The summed E-state index contributed by atoms with van der Waals surface area (Å²) in [5.74, 6) is 3.74. The highest BCUT2D eigenvalue weighted by atomic mass is 16.5. The molecule has 6 aromatic rings. The van der Waals surface area contributed by atoms with Crippen molar-refractivity contribution in [3.05, 3.63) is 90.5 Å². The van der Waals surface area contributed by atoms with Gasteiger partial charge in [0.1, 0.15) is 23.0 Å². The van der Waals surface area contributed by atoms with Gasteiger partial charge in [0.2, 0.25) is 5.88 Å². The van der Waals surface area contributed by atoms with Crippen LogP contribution in [0, 0.1) is 13.8 Å². The number of aromatic nitrogens is 4. The Morgan fingerprint density at radius 3 is 2.20 bits per heavy atom. The number of ether oxygens (including phenoxy) is 4. The number of benzene rings is 3. The van der Waals surface area contributed by atoms with Gasteiger partial charge in [-0.15, -0.1) is 0 Å². The molecular formula is C32H28N4O4. The summed E-state index contributed by atoms with van der Waals surface area (Å²) in [6.45, 7) is 4.02. The summed E-state index contributed by atoms with van der Waals surface area (Å²) in [7, 11) is 4.91. The normalized spacial score (nSPS) is 11.1. The molecule has 0 saturated heterocycles. The summed E-state index contributed by atoms with van der Waals surface area (Å²) < 4.78 is 25.1. The van der Waals surface area contributed by atoms with E-state index in [1.54, 1.807) is 52.1 Å². The van der Waals surface area contributed by atoms with Gasteiger partial charge in [-0.3, -0.25) is 9.55 Å². The zero-order valence-electron chi connectivity index (χ0n) is 22.9.